The van der Waals surface area contributed by atoms with E-state index in [0.717, 1.165) is 31.1 Å². The van der Waals surface area contributed by atoms with Crippen molar-refractivity contribution in [3.63, 3.8) is 0 Å². The van der Waals surface area contributed by atoms with Gasteiger partial charge in [-0.3, -0.25) is 5.10 Å². The van der Waals surface area contributed by atoms with Crippen molar-refractivity contribution in [2.24, 2.45) is 5.92 Å². The van der Waals surface area contributed by atoms with Crippen LogP contribution in [0.3, 0.4) is 0 Å². The standard InChI is InChI=1S/C12H24N4/c1-4-8-13-11(7-5-6-10(2)3)12-14-9-15-16-12/h9-11,13H,4-8H2,1-3H3,(H,14,15,16). The molecule has 1 aromatic rings. The molecule has 0 radical (unpaired) electrons. The van der Waals surface area contributed by atoms with Crippen molar-refractivity contribution in [3.8, 4) is 0 Å². The maximum atomic E-state index is 4.24. The summed E-state index contributed by atoms with van der Waals surface area (Å²) in [6.45, 7) is 7.75. The van der Waals surface area contributed by atoms with Gasteiger partial charge in [0.05, 0.1) is 6.04 Å². The normalized spacial score (nSPS) is 13.2. The van der Waals surface area contributed by atoms with E-state index in [1.807, 2.05) is 0 Å². The Balaban J connectivity index is 2.38. The molecule has 16 heavy (non-hydrogen) atoms. The van der Waals surface area contributed by atoms with Crippen molar-refractivity contribution in [2.45, 2.75) is 52.5 Å². The Kier molecular flexibility index (Phi) is 6.08. The van der Waals surface area contributed by atoms with Gasteiger partial charge < -0.3 is 5.32 Å². The first kappa shape index (κ1) is 13.2. The largest absolute Gasteiger partial charge is 0.307 e. The number of hydrogen-bond donors (Lipinski definition) is 2. The van der Waals surface area contributed by atoms with Crippen LogP contribution in [0.2, 0.25) is 0 Å². The topological polar surface area (TPSA) is 53.6 Å². The average Bonchev–Trinajstić information content (AvgIpc) is 2.75. The molecule has 1 atom stereocenters. The van der Waals surface area contributed by atoms with Crippen LogP contribution in [0.25, 0.3) is 0 Å². The van der Waals surface area contributed by atoms with Crippen molar-refractivity contribution in [1.82, 2.24) is 20.5 Å². The van der Waals surface area contributed by atoms with E-state index in [-0.39, 0.29) is 0 Å². The fourth-order valence-corrected chi connectivity index (χ4v) is 1.77. The third kappa shape index (κ3) is 4.75. The molecule has 0 aliphatic carbocycles. The highest BCUT2D eigenvalue weighted by Crippen LogP contribution is 2.17. The van der Waals surface area contributed by atoms with Crippen molar-refractivity contribution >= 4 is 0 Å². The molecule has 0 fully saturated rings. The Bertz CT molecular complexity index is 256. The number of aromatic amines is 1. The molecular formula is C12H24N4. The summed E-state index contributed by atoms with van der Waals surface area (Å²) in [6.07, 6.45) is 6.37. The lowest BCUT2D eigenvalue weighted by Gasteiger charge is -2.16. The molecular weight excluding hydrogens is 200 g/mol. The van der Waals surface area contributed by atoms with Crippen LogP contribution in [0.15, 0.2) is 6.33 Å². The van der Waals surface area contributed by atoms with Gasteiger partial charge in [-0.1, -0.05) is 33.6 Å². The highest BCUT2D eigenvalue weighted by molar-refractivity contribution is 4.91. The van der Waals surface area contributed by atoms with Gasteiger partial charge in [0, 0.05) is 0 Å². The minimum absolute atomic E-state index is 0.334. The molecule has 0 aliphatic rings. The van der Waals surface area contributed by atoms with Crippen LogP contribution in [-0.2, 0) is 0 Å². The highest BCUT2D eigenvalue weighted by atomic mass is 15.2. The first-order chi connectivity index (χ1) is 7.74. The number of nitrogens with zero attached hydrogens (tertiary/aromatic N) is 2. The van der Waals surface area contributed by atoms with Crippen LogP contribution in [0.4, 0.5) is 0 Å². The maximum absolute atomic E-state index is 4.24. The van der Waals surface area contributed by atoms with Gasteiger partial charge in [0.25, 0.3) is 0 Å². The average molecular weight is 224 g/mol. The van der Waals surface area contributed by atoms with E-state index in [1.165, 1.54) is 12.8 Å². The molecule has 0 aromatic carbocycles. The Morgan fingerprint density at radius 3 is 2.75 bits per heavy atom. The fraction of sp³-hybridized carbons (Fsp3) is 0.833. The van der Waals surface area contributed by atoms with Gasteiger partial charge in [-0.2, -0.15) is 5.10 Å². The van der Waals surface area contributed by atoms with Crippen molar-refractivity contribution in [2.75, 3.05) is 6.54 Å². The molecule has 2 N–H and O–H groups in total. The molecule has 1 aromatic heterocycles. The summed E-state index contributed by atoms with van der Waals surface area (Å²) in [7, 11) is 0. The Morgan fingerprint density at radius 2 is 2.19 bits per heavy atom. The van der Waals surface area contributed by atoms with E-state index in [4.69, 9.17) is 0 Å². The second kappa shape index (κ2) is 7.39. The first-order valence-corrected chi connectivity index (χ1v) is 6.32. The van der Waals surface area contributed by atoms with Gasteiger partial charge in [0.1, 0.15) is 12.2 Å². The molecule has 1 heterocycles. The Hall–Kier alpha value is -0.900. The predicted octanol–water partition coefficient (Wildman–Crippen LogP) is 2.67. The van der Waals surface area contributed by atoms with Crippen LogP contribution in [0.5, 0.6) is 0 Å². The van der Waals surface area contributed by atoms with Gasteiger partial charge in [-0.25, -0.2) is 4.98 Å². The Morgan fingerprint density at radius 1 is 1.38 bits per heavy atom. The molecule has 1 unspecified atom stereocenters. The lowest BCUT2D eigenvalue weighted by atomic mass is 10.0. The summed E-state index contributed by atoms with van der Waals surface area (Å²) in [5.41, 5.74) is 0. The molecule has 1 rings (SSSR count). The quantitative estimate of drug-likeness (QED) is 0.714. The minimum Gasteiger partial charge on any atom is -0.307 e. The van der Waals surface area contributed by atoms with Crippen molar-refractivity contribution in [3.05, 3.63) is 12.2 Å². The summed E-state index contributed by atoms with van der Waals surface area (Å²) in [6, 6.07) is 0.334. The van der Waals surface area contributed by atoms with Gasteiger partial charge >= 0.3 is 0 Å². The van der Waals surface area contributed by atoms with Gasteiger partial charge in [0.15, 0.2) is 0 Å². The molecule has 92 valence electrons. The second-order valence-electron chi connectivity index (χ2n) is 4.70. The number of rotatable bonds is 8. The van der Waals surface area contributed by atoms with Crippen LogP contribution in [0.1, 0.15) is 58.3 Å². The van der Waals surface area contributed by atoms with E-state index in [2.05, 4.69) is 41.3 Å². The second-order valence-corrected chi connectivity index (χ2v) is 4.70. The van der Waals surface area contributed by atoms with Crippen LogP contribution in [0, 0.1) is 5.92 Å². The summed E-state index contributed by atoms with van der Waals surface area (Å²) in [5, 5.41) is 10.4. The van der Waals surface area contributed by atoms with E-state index in [1.54, 1.807) is 6.33 Å². The number of nitrogens with one attached hydrogen (secondary N) is 2. The highest BCUT2D eigenvalue weighted by Gasteiger charge is 2.13. The third-order valence-electron chi connectivity index (χ3n) is 2.68. The Labute approximate surface area is 98.2 Å². The van der Waals surface area contributed by atoms with E-state index < -0.39 is 0 Å². The molecule has 0 spiro atoms. The van der Waals surface area contributed by atoms with Crippen LogP contribution >= 0.6 is 0 Å². The lowest BCUT2D eigenvalue weighted by molar-refractivity contribution is 0.434. The van der Waals surface area contributed by atoms with E-state index in [0.29, 0.717) is 6.04 Å². The first-order valence-electron chi connectivity index (χ1n) is 6.32. The fourth-order valence-electron chi connectivity index (χ4n) is 1.77. The monoisotopic (exact) mass is 224 g/mol. The van der Waals surface area contributed by atoms with Crippen molar-refractivity contribution < 1.29 is 0 Å². The zero-order valence-corrected chi connectivity index (χ0v) is 10.7. The summed E-state index contributed by atoms with van der Waals surface area (Å²) in [5.74, 6) is 1.75. The number of H-pyrrole nitrogens is 1. The van der Waals surface area contributed by atoms with E-state index >= 15 is 0 Å². The summed E-state index contributed by atoms with van der Waals surface area (Å²) >= 11 is 0. The molecule has 0 bridgehead atoms. The van der Waals surface area contributed by atoms with Crippen LogP contribution in [-0.4, -0.2) is 21.7 Å². The smallest absolute Gasteiger partial charge is 0.141 e. The zero-order valence-electron chi connectivity index (χ0n) is 10.7. The van der Waals surface area contributed by atoms with Crippen LogP contribution < -0.4 is 5.32 Å². The maximum Gasteiger partial charge on any atom is 0.141 e. The molecule has 0 saturated carbocycles. The molecule has 0 saturated heterocycles. The minimum atomic E-state index is 0.334. The molecule has 4 heteroatoms. The van der Waals surface area contributed by atoms with Gasteiger partial charge in [-0.15, -0.1) is 0 Å². The van der Waals surface area contributed by atoms with Crippen molar-refractivity contribution in [1.29, 1.82) is 0 Å². The van der Waals surface area contributed by atoms with Gasteiger partial charge in [0.2, 0.25) is 0 Å². The summed E-state index contributed by atoms with van der Waals surface area (Å²) in [4.78, 5) is 4.24. The van der Waals surface area contributed by atoms with Gasteiger partial charge in [-0.05, 0) is 25.3 Å². The molecule has 0 aliphatic heterocycles. The summed E-state index contributed by atoms with van der Waals surface area (Å²) < 4.78 is 0. The number of hydrogen-bond acceptors (Lipinski definition) is 3. The SMILES string of the molecule is CCCNC(CCCC(C)C)c1ncn[nH]1. The zero-order chi connectivity index (χ0) is 11.8. The lowest BCUT2D eigenvalue weighted by Crippen LogP contribution is -2.23. The third-order valence-corrected chi connectivity index (χ3v) is 2.68. The van der Waals surface area contributed by atoms with E-state index in [9.17, 15) is 0 Å². The number of aromatic nitrogens is 3. The molecule has 4 nitrogen and oxygen atoms in total. The molecule has 0 amide bonds. The predicted molar refractivity (Wildman–Crippen MR) is 66.1 cm³/mol.